The van der Waals surface area contributed by atoms with Crippen LogP contribution in [0.3, 0.4) is 0 Å². The highest BCUT2D eigenvalue weighted by Gasteiger charge is 2.12. The van der Waals surface area contributed by atoms with Crippen molar-refractivity contribution in [3.8, 4) is 5.69 Å². The second-order valence-corrected chi connectivity index (χ2v) is 7.96. The van der Waals surface area contributed by atoms with E-state index in [4.69, 9.17) is 0 Å². The van der Waals surface area contributed by atoms with Crippen molar-refractivity contribution < 1.29 is 8.42 Å². The van der Waals surface area contributed by atoms with E-state index in [-0.39, 0.29) is 5.56 Å². The van der Waals surface area contributed by atoms with Gasteiger partial charge in [0.05, 0.1) is 22.8 Å². The molecular formula is C19H21N3O3S. The first kappa shape index (κ1) is 18.1. The minimum atomic E-state index is -3.34. The van der Waals surface area contributed by atoms with Crippen LogP contribution < -0.4 is 10.3 Å². The Morgan fingerprint density at radius 3 is 2.42 bits per heavy atom. The lowest BCUT2D eigenvalue weighted by molar-refractivity contribution is 0.607. The smallest absolute Gasteiger partial charge is 0.265 e. The van der Waals surface area contributed by atoms with E-state index >= 15 is 0 Å². The zero-order valence-corrected chi connectivity index (χ0v) is 15.6. The summed E-state index contributed by atoms with van der Waals surface area (Å²) < 4.78 is 26.7. The van der Waals surface area contributed by atoms with Crippen LogP contribution in [0.5, 0.6) is 0 Å². The van der Waals surface area contributed by atoms with Crippen molar-refractivity contribution in [3.63, 3.8) is 0 Å². The summed E-state index contributed by atoms with van der Waals surface area (Å²) in [6.07, 6.45) is 3.72. The van der Waals surface area contributed by atoms with E-state index in [2.05, 4.69) is 16.6 Å². The Kier molecular flexibility index (Phi) is 5.08. The molecule has 0 amide bonds. The van der Waals surface area contributed by atoms with E-state index in [1.807, 2.05) is 18.2 Å². The molecular weight excluding hydrogens is 350 g/mol. The molecule has 2 aromatic carbocycles. The number of benzene rings is 2. The van der Waals surface area contributed by atoms with Crippen LogP contribution in [0.1, 0.15) is 25.6 Å². The summed E-state index contributed by atoms with van der Waals surface area (Å²) in [5.41, 5.74) is 1.69. The van der Waals surface area contributed by atoms with Gasteiger partial charge in [0.25, 0.3) is 5.56 Å². The summed E-state index contributed by atoms with van der Waals surface area (Å²) in [4.78, 5) is 17.7. The molecule has 26 heavy (non-hydrogen) atoms. The number of hydrogen-bond acceptors (Lipinski definition) is 4. The predicted octanol–water partition coefficient (Wildman–Crippen LogP) is 3.10. The fraction of sp³-hybridized carbons (Fsp3) is 0.263. The Morgan fingerprint density at radius 1 is 1.08 bits per heavy atom. The third-order valence-electron chi connectivity index (χ3n) is 4.03. The Balaban J connectivity index is 2.13. The van der Waals surface area contributed by atoms with Gasteiger partial charge in [-0.1, -0.05) is 25.5 Å². The lowest BCUT2D eigenvalue weighted by Gasteiger charge is -2.14. The normalized spacial score (nSPS) is 11.6. The summed E-state index contributed by atoms with van der Waals surface area (Å²) in [6, 6.07) is 14.0. The number of aromatic nitrogens is 2. The highest BCUT2D eigenvalue weighted by molar-refractivity contribution is 7.92. The first-order chi connectivity index (χ1) is 12.4. The molecule has 0 spiro atoms. The van der Waals surface area contributed by atoms with Crippen molar-refractivity contribution in [2.75, 3.05) is 11.0 Å². The lowest BCUT2D eigenvalue weighted by atomic mass is 10.2. The largest absolute Gasteiger partial charge is 0.284 e. The average molecular weight is 371 g/mol. The number of anilines is 1. The van der Waals surface area contributed by atoms with Gasteiger partial charge in [0.15, 0.2) is 0 Å². The lowest BCUT2D eigenvalue weighted by Crippen LogP contribution is -2.24. The van der Waals surface area contributed by atoms with Crippen LogP contribution in [0, 0.1) is 0 Å². The van der Waals surface area contributed by atoms with Gasteiger partial charge < -0.3 is 0 Å². The number of nitrogens with one attached hydrogen (secondary N) is 1. The van der Waals surface area contributed by atoms with E-state index in [9.17, 15) is 13.2 Å². The molecule has 0 unspecified atom stereocenters. The molecule has 6 nitrogen and oxygen atoms in total. The standard InChI is InChI=1S/C19H21N3O3S/c1-3-4-9-18-20-17-8-6-5-7-16(17)19(23)22(18)15-12-10-14(11-13-15)21-26(2,24)25/h5-8,10-13,21H,3-4,9H2,1-2H3. The quantitative estimate of drug-likeness (QED) is 0.722. The first-order valence-electron chi connectivity index (χ1n) is 8.48. The van der Waals surface area contributed by atoms with Gasteiger partial charge in [-0.25, -0.2) is 13.4 Å². The molecule has 0 saturated carbocycles. The number of hydrogen-bond donors (Lipinski definition) is 1. The third kappa shape index (κ3) is 3.94. The fourth-order valence-electron chi connectivity index (χ4n) is 2.84. The number of fused-ring (bicyclic) bond motifs is 1. The van der Waals surface area contributed by atoms with Gasteiger partial charge in [0, 0.05) is 12.1 Å². The van der Waals surface area contributed by atoms with E-state index in [1.165, 1.54) is 0 Å². The van der Waals surface area contributed by atoms with Crippen LogP contribution in [0.15, 0.2) is 53.3 Å². The van der Waals surface area contributed by atoms with E-state index in [0.29, 0.717) is 34.5 Å². The number of nitrogens with zero attached hydrogens (tertiary/aromatic N) is 2. The molecule has 0 saturated heterocycles. The summed E-state index contributed by atoms with van der Waals surface area (Å²) in [5.74, 6) is 0.708. The summed E-state index contributed by atoms with van der Waals surface area (Å²) in [7, 11) is -3.34. The molecule has 0 aliphatic carbocycles. The number of unbranched alkanes of at least 4 members (excludes halogenated alkanes) is 1. The van der Waals surface area contributed by atoms with Crippen LogP contribution >= 0.6 is 0 Å². The summed E-state index contributed by atoms with van der Waals surface area (Å²) in [6.45, 7) is 2.09. The number of para-hydroxylation sites is 1. The third-order valence-corrected chi connectivity index (χ3v) is 4.63. The zero-order chi connectivity index (χ0) is 18.7. The van der Waals surface area contributed by atoms with Crippen molar-refractivity contribution in [1.82, 2.24) is 9.55 Å². The maximum Gasteiger partial charge on any atom is 0.265 e. The van der Waals surface area contributed by atoms with E-state index < -0.39 is 10.0 Å². The zero-order valence-electron chi connectivity index (χ0n) is 14.8. The van der Waals surface area contributed by atoms with Crippen molar-refractivity contribution in [1.29, 1.82) is 0 Å². The first-order valence-corrected chi connectivity index (χ1v) is 10.4. The molecule has 3 rings (SSSR count). The Morgan fingerprint density at radius 2 is 1.77 bits per heavy atom. The molecule has 7 heteroatoms. The minimum Gasteiger partial charge on any atom is -0.284 e. The van der Waals surface area contributed by atoms with Gasteiger partial charge in [0.1, 0.15) is 5.82 Å². The van der Waals surface area contributed by atoms with Crippen LogP contribution in [0.25, 0.3) is 16.6 Å². The van der Waals surface area contributed by atoms with Gasteiger partial charge in [0.2, 0.25) is 10.0 Å². The monoisotopic (exact) mass is 371 g/mol. The predicted molar refractivity (Wildman–Crippen MR) is 104 cm³/mol. The minimum absolute atomic E-state index is 0.120. The van der Waals surface area contributed by atoms with Crippen molar-refractivity contribution in [3.05, 3.63) is 64.7 Å². The van der Waals surface area contributed by atoms with Gasteiger partial charge in [-0.3, -0.25) is 14.1 Å². The molecule has 0 radical (unpaired) electrons. The molecule has 1 heterocycles. The van der Waals surface area contributed by atoms with Crippen LogP contribution in [0.4, 0.5) is 5.69 Å². The molecule has 0 atom stereocenters. The van der Waals surface area contributed by atoms with E-state index in [0.717, 1.165) is 19.1 Å². The Bertz CT molecular complexity index is 1090. The van der Waals surface area contributed by atoms with Crippen LogP contribution in [0.2, 0.25) is 0 Å². The molecule has 0 aliphatic rings. The number of aryl methyl sites for hydroxylation is 1. The molecule has 1 N–H and O–H groups in total. The van der Waals surface area contributed by atoms with Crippen LogP contribution in [-0.2, 0) is 16.4 Å². The number of sulfonamides is 1. The number of rotatable bonds is 6. The highest BCUT2D eigenvalue weighted by Crippen LogP contribution is 2.17. The topological polar surface area (TPSA) is 81.1 Å². The molecule has 3 aromatic rings. The Labute approximate surface area is 152 Å². The molecule has 0 aliphatic heterocycles. The van der Waals surface area contributed by atoms with Crippen molar-refractivity contribution in [2.45, 2.75) is 26.2 Å². The Hall–Kier alpha value is -2.67. The maximum atomic E-state index is 13.0. The molecule has 0 fully saturated rings. The SMILES string of the molecule is CCCCc1nc2ccccc2c(=O)n1-c1ccc(NS(C)(=O)=O)cc1. The summed E-state index contributed by atoms with van der Waals surface area (Å²) in [5, 5.41) is 0.561. The molecule has 0 bridgehead atoms. The second kappa shape index (κ2) is 7.29. The van der Waals surface area contributed by atoms with E-state index in [1.54, 1.807) is 34.9 Å². The van der Waals surface area contributed by atoms with Crippen LogP contribution in [-0.4, -0.2) is 24.2 Å². The van der Waals surface area contributed by atoms with Gasteiger partial charge in [-0.15, -0.1) is 0 Å². The van der Waals surface area contributed by atoms with Gasteiger partial charge in [-0.2, -0.15) is 0 Å². The average Bonchev–Trinajstić information content (AvgIpc) is 2.60. The van der Waals surface area contributed by atoms with Gasteiger partial charge in [-0.05, 0) is 42.8 Å². The van der Waals surface area contributed by atoms with Gasteiger partial charge >= 0.3 is 0 Å². The van der Waals surface area contributed by atoms with Crippen molar-refractivity contribution in [2.24, 2.45) is 0 Å². The molecule has 136 valence electrons. The second-order valence-electron chi connectivity index (χ2n) is 6.21. The highest BCUT2D eigenvalue weighted by atomic mass is 32.2. The van der Waals surface area contributed by atoms with Crippen molar-refractivity contribution >= 4 is 26.6 Å². The maximum absolute atomic E-state index is 13.0. The molecule has 1 aromatic heterocycles. The summed E-state index contributed by atoms with van der Waals surface area (Å²) >= 11 is 0. The fourth-order valence-corrected chi connectivity index (χ4v) is 3.40.